The van der Waals surface area contributed by atoms with Gasteiger partial charge in [0, 0.05) is 11.7 Å². The zero-order chi connectivity index (χ0) is 16.0. The highest BCUT2D eigenvalue weighted by Gasteiger charge is 2.32. The van der Waals surface area contributed by atoms with E-state index in [1.807, 2.05) is 0 Å². The molecular weight excluding hydrogens is 312 g/mol. The van der Waals surface area contributed by atoms with Crippen LogP contribution in [-0.2, 0) is 19.9 Å². The lowest BCUT2D eigenvalue weighted by Crippen LogP contribution is -2.36. The predicted octanol–water partition coefficient (Wildman–Crippen LogP) is 0.659. The zero-order valence-electron chi connectivity index (χ0n) is 12.3. The van der Waals surface area contributed by atoms with Gasteiger partial charge in [0.1, 0.15) is 0 Å². The van der Waals surface area contributed by atoms with Crippen LogP contribution in [0, 0.1) is 20.8 Å². The molecule has 1 fully saturated rings. The number of nitrogens with one attached hydrogen (secondary N) is 1. The minimum Gasteiger partial charge on any atom is -0.398 e. The SMILES string of the molecule is Cc1cc(N)c(C)c(S(=O)(=O)NC2CCS(=O)(=O)C2)c1C. The molecule has 118 valence electrons. The van der Waals surface area contributed by atoms with Crippen LogP contribution < -0.4 is 10.5 Å². The first-order chi connectivity index (χ1) is 9.53. The molecule has 1 atom stereocenters. The molecule has 1 aromatic carbocycles. The quantitative estimate of drug-likeness (QED) is 0.791. The van der Waals surface area contributed by atoms with E-state index in [0.29, 0.717) is 23.2 Å². The highest BCUT2D eigenvalue weighted by atomic mass is 32.2. The minimum atomic E-state index is -3.79. The standard InChI is InChI=1S/C13H20N2O4S2/c1-8-6-12(14)10(3)13(9(8)2)21(18,19)15-11-4-5-20(16,17)7-11/h6,11,15H,4-5,7,14H2,1-3H3. The van der Waals surface area contributed by atoms with Gasteiger partial charge < -0.3 is 5.73 Å². The lowest BCUT2D eigenvalue weighted by molar-refractivity contribution is 0.561. The number of hydrogen-bond acceptors (Lipinski definition) is 5. The first kappa shape index (κ1) is 16.3. The largest absolute Gasteiger partial charge is 0.398 e. The molecule has 1 aliphatic heterocycles. The van der Waals surface area contributed by atoms with Crippen LogP contribution in [0.25, 0.3) is 0 Å². The molecular formula is C13H20N2O4S2. The van der Waals surface area contributed by atoms with Gasteiger partial charge in [-0.3, -0.25) is 0 Å². The predicted molar refractivity (Wildman–Crippen MR) is 82.4 cm³/mol. The van der Waals surface area contributed by atoms with E-state index in [2.05, 4.69) is 4.72 Å². The Bertz CT molecular complexity index is 757. The Morgan fingerprint density at radius 1 is 1.24 bits per heavy atom. The summed E-state index contributed by atoms with van der Waals surface area (Å²) in [6.07, 6.45) is 0.307. The van der Waals surface area contributed by atoms with E-state index >= 15 is 0 Å². The van der Waals surface area contributed by atoms with Gasteiger partial charge in [-0.2, -0.15) is 0 Å². The van der Waals surface area contributed by atoms with E-state index in [9.17, 15) is 16.8 Å². The van der Waals surface area contributed by atoms with E-state index in [0.717, 1.165) is 5.56 Å². The van der Waals surface area contributed by atoms with E-state index in [4.69, 9.17) is 5.73 Å². The maximum Gasteiger partial charge on any atom is 0.241 e. The molecule has 0 aliphatic carbocycles. The van der Waals surface area contributed by atoms with Gasteiger partial charge >= 0.3 is 0 Å². The molecule has 0 amide bonds. The second-order valence-corrected chi connectivity index (χ2v) is 9.46. The van der Waals surface area contributed by atoms with Crippen LogP contribution in [0.1, 0.15) is 23.1 Å². The fraction of sp³-hybridized carbons (Fsp3) is 0.538. The van der Waals surface area contributed by atoms with Gasteiger partial charge in [-0.05, 0) is 49.9 Å². The highest BCUT2D eigenvalue weighted by molar-refractivity contribution is 7.92. The van der Waals surface area contributed by atoms with Gasteiger partial charge in [-0.25, -0.2) is 21.6 Å². The molecule has 1 aromatic rings. The number of nitrogens with two attached hydrogens (primary N) is 1. The van der Waals surface area contributed by atoms with Crippen molar-refractivity contribution in [3.63, 3.8) is 0 Å². The smallest absolute Gasteiger partial charge is 0.241 e. The van der Waals surface area contributed by atoms with E-state index in [1.165, 1.54) is 0 Å². The van der Waals surface area contributed by atoms with Crippen molar-refractivity contribution in [1.29, 1.82) is 0 Å². The number of rotatable bonds is 3. The number of aryl methyl sites for hydroxylation is 1. The monoisotopic (exact) mass is 332 g/mol. The molecule has 1 saturated heterocycles. The Morgan fingerprint density at radius 3 is 2.38 bits per heavy atom. The van der Waals surface area contributed by atoms with Gasteiger partial charge in [-0.15, -0.1) is 0 Å². The van der Waals surface area contributed by atoms with Crippen molar-refractivity contribution in [3.05, 3.63) is 22.8 Å². The second kappa shape index (κ2) is 5.26. The molecule has 1 heterocycles. The van der Waals surface area contributed by atoms with Crippen LogP contribution in [0.15, 0.2) is 11.0 Å². The summed E-state index contributed by atoms with van der Waals surface area (Å²) < 4.78 is 50.6. The number of benzene rings is 1. The van der Waals surface area contributed by atoms with Crippen molar-refractivity contribution in [2.45, 2.75) is 38.1 Å². The molecule has 2 rings (SSSR count). The molecule has 0 radical (unpaired) electrons. The average Bonchev–Trinajstić information content (AvgIpc) is 2.65. The summed E-state index contributed by atoms with van der Waals surface area (Å²) in [6, 6.07) is 1.17. The Labute approximate surface area is 125 Å². The maximum atomic E-state index is 12.6. The Kier molecular flexibility index (Phi) is 4.07. The summed E-state index contributed by atoms with van der Waals surface area (Å²) in [5.74, 6) is -0.125. The molecule has 6 nitrogen and oxygen atoms in total. The van der Waals surface area contributed by atoms with Gasteiger partial charge in [0.2, 0.25) is 10.0 Å². The first-order valence-corrected chi connectivity index (χ1v) is 9.93. The van der Waals surface area contributed by atoms with Crippen molar-refractivity contribution in [1.82, 2.24) is 4.72 Å². The summed E-state index contributed by atoms with van der Waals surface area (Å²) in [6.45, 7) is 5.17. The summed E-state index contributed by atoms with van der Waals surface area (Å²) in [5, 5.41) is 0. The number of sulfonamides is 1. The lowest BCUT2D eigenvalue weighted by atomic mass is 10.1. The van der Waals surface area contributed by atoms with E-state index in [-0.39, 0.29) is 16.4 Å². The molecule has 21 heavy (non-hydrogen) atoms. The topological polar surface area (TPSA) is 106 Å². The second-order valence-electron chi connectivity index (χ2n) is 5.58. The summed E-state index contributed by atoms with van der Waals surface area (Å²) in [4.78, 5) is 0.157. The third-order valence-electron chi connectivity index (χ3n) is 3.90. The third-order valence-corrected chi connectivity index (χ3v) is 7.46. The lowest BCUT2D eigenvalue weighted by Gasteiger charge is -2.18. The molecule has 8 heteroatoms. The van der Waals surface area contributed by atoms with Gasteiger partial charge in [0.05, 0.1) is 16.4 Å². The van der Waals surface area contributed by atoms with E-state index in [1.54, 1.807) is 26.8 Å². The van der Waals surface area contributed by atoms with Crippen molar-refractivity contribution in [2.75, 3.05) is 17.2 Å². The Balaban J connectivity index is 2.42. The van der Waals surface area contributed by atoms with Crippen LogP contribution in [0.2, 0.25) is 0 Å². The normalized spacial score (nSPS) is 21.6. The van der Waals surface area contributed by atoms with Crippen LogP contribution in [0.3, 0.4) is 0 Å². The average molecular weight is 332 g/mol. The molecule has 0 saturated carbocycles. The van der Waals surface area contributed by atoms with Crippen molar-refractivity contribution >= 4 is 25.5 Å². The van der Waals surface area contributed by atoms with Crippen LogP contribution in [-0.4, -0.2) is 34.4 Å². The molecule has 0 spiro atoms. The Hall–Kier alpha value is -1.12. The number of anilines is 1. The number of hydrogen-bond donors (Lipinski definition) is 2. The van der Waals surface area contributed by atoms with Crippen LogP contribution in [0.4, 0.5) is 5.69 Å². The highest BCUT2D eigenvalue weighted by Crippen LogP contribution is 2.28. The molecule has 0 bridgehead atoms. The first-order valence-electron chi connectivity index (χ1n) is 6.62. The summed E-state index contributed by atoms with van der Waals surface area (Å²) in [5.41, 5.74) is 8.18. The number of sulfone groups is 1. The maximum absolute atomic E-state index is 12.6. The fourth-order valence-corrected chi connectivity index (χ4v) is 6.23. The van der Waals surface area contributed by atoms with Crippen LogP contribution >= 0.6 is 0 Å². The zero-order valence-corrected chi connectivity index (χ0v) is 13.9. The number of nitrogen functional groups attached to an aromatic ring is 1. The van der Waals surface area contributed by atoms with Gasteiger partial charge in [-0.1, -0.05) is 0 Å². The molecule has 0 aromatic heterocycles. The van der Waals surface area contributed by atoms with Crippen molar-refractivity contribution in [3.8, 4) is 0 Å². The van der Waals surface area contributed by atoms with Crippen molar-refractivity contribution < 1.29 is 16.8 Å². The fourth-order valence-electron chi connectivity index (χ4n) is 2.61. The van der Waals surface area contributed by atoms with E-state index < -0.39 is 25.9 Å². The molecule has 1 aliphatic rings. The minimum absolute atomic E-state index is 0.0219. The van der Waals surface area contributed by atoms with Crippen LogP contribution in [0.5, 0.6) is 0 Å². The molecule has 3 N–H and O–H groups in total. The van der Waals surface area contributed by atoms with Gasteiger partial charge in [0.15, 0.2) is 9.84 Å². The molecule has 1 unspecified atom stereocenters. The third kappa shape index (κ3) is 3.22. The Morgan fingerprint density at radius 2 is 1.86 bits per heavy atom. The van der Waals surface area contributed by atoms with Gasteiger partial charge in [0.25, 0.3) is 0 Å². The summed E-state index contributed by atoms with van der Waals surface area (Å²) in [7, 11) is -6.93. The summed E-state index contributed by atoms with van der Waals surface area (Å²) >= 11 is 0. The van der Waals surface area contributed by atoms with Crippen molar-refractivity contribution in [2.24, 2.45) is 0 Å².